The van der Waals surface area contributed by atoms with Crippen LogP contribution in [0.3, 0.4) is 0 Å². The zero-order valence-corrected chi connectivity index (χ0v) is 17.3. The van der Waals surface area contributed by atoms with Crippen LogP contribution in [0.15, 0.2) is 48.3 Å². The first-order valence-corrected chi connectivity index (χ1v) is 11.4. The third-order valence-electron chi connectivity index (χ3n) is 9.29. The van der Waals surface area contributed by atoms with E-state index in [2.05, 4.69) is 61.0 Å². The van der Waals surface area contributed by atoms with Gasteiger partial charge in [0.2, 0.25) is 0 Å². The SMILES string of the molecule is C[C@]12CCCCC1=CC[C@@H]1[C@@H]2CC[C@]2(C)C(c3cnc4ccccn34)=CC[C@@H]12. The summed E-state index contributed by atoms with van der Waals surface area (Å²) >= 11 is 0. The molecule has 0 aromatic carbocycles. The van der Waals surface area contributed by atoms with Gasteiger partial charge in [0.15, 0.2) is 0 Å². The van der Waals surface area contributed by atoms with Gasteiger partial charge in [-0.3, -0.25) is 0 Å². The maximum absolute atomic E-state index is 4.69. The number of pyridine rings is 1. The number of imidazole rings is 1. The molecular weight excluding hydrogens is 340 g/mol. The first-order valence-electron chi connectivity index (χ1n) is 11.4. The number of aromatic nitrogens is 2. The highest BCUT2D eigenvalue weighted by molar-refractivity contribution is 5.72. The maximum atomic E-state index is 4.69. The largest absolute Gasteiger partial charge is 0.300 e. The van der Waals surface area contributed by atoms with Crippen LogP contribution in [0.4, 0.5) is 0 Å². The zero-order chi connectivity index (χ0) is 18.9. The maximum Gasteiger partial charge on any atom is 0.137 e. The second-order valence-corrected chi connectivity index (χ2v) is 10.3. The minimum atomic E-state index is 0.309. The molecule has 2 heterocycles. The Bertz CT molecular complexity index is 995. The zero-order valence-electron chi connectivity index (χ0n) is 17.3. The summed E-state index contributed by atoms with van der Waals surface area (Å²) in [6, 6.07) is 6.33. The van der Waals surface area contributed by atoms with Gasteiger partial charge < -0.3 is 4.40 Å². The van der Waals surface area contributed by atoms with Crippen molar-refractivity contribution in [3.05, 3.63) is 54.0 Å². The average Bonchev–Trinajstić information content (AvgIpc) is 3.28. The van der Waals surface area contributed by atoms with Gasteiger partial charge >= 0.3 is 0 Å². The highest BCUT2D eigenvalue weighted by Crippen LogP contribution is 2.66. The van der Waals surface area contributed by atoms with Gasteiger partial charge in [-0.25, -0.2) is 4.98 Å². The van der Waals surface area contributed by atoms with E-state index in [1.54, 1.807) is 5.57 Å². The fourth-order valence-corrected chi connectivity index (χ4v) is 7.79. The van der Waals surface area contributed by atoms with Crippen LogP contribution < -0.4 is 0 Å². The first-order chi connectivity index (χ1) is 13.6. The van der Waals surface area contributed by atoms with E-state index < -0.39 is 0 Å². The van der Waals surface area contributed by atoms with E-state index in [4.69, 9.17) is 4.98 Å². The topological polar surface area (TPSA) is 17.3 Å². The van der Waals surface area contributed by atoms with Crippen molar-refractivity contribution in [1.29, 1.82) is 0 Å². The minimum Gasteiger partial charge on any atom is -0.300 e. The van der Waals surface area contributed by atoms with Gasteiger partial charge in [-0.05, 0) is 91.2 Å². The molecule has 28 heavy (non-hydrogen) atoms. The molecule has 0 N–H and O–H groups in total. The standard InChI is InChI=1S/C26H32N2/c1-25-14-5-3-7-18(25)9-10-19-20-11-12-22(26(20,2)15-13-21(19)25)23-17-27-24-8-4-6-16-28(23)24/h4,6,8-9,12,16-17,19-21H,3,5,7,10-11,13-15H2,1-2H3/t19-,20-,21-,25-,26-/m0/s1. The molecule has 0 spiro atoms. The molecule has 2 fully saturated rings. The van der Waals surface area contributed by atoms with Gasteiger partial charge in [0.25, 0.3) is 0 Å². The van der Waals surface area contributed by atoms with Gasteiger partial charge in [0.05, 0.1) is 11.9 Å². The Labute approximate surface area is 168 Å². The molecule has 6 rings (SSSR count). The Morgan fingerprint density at radius 3 is 2.86 bits per heavy atom. The van der Waals surface area contributed by atoms with E-state index in [-0.39, 0.29) is 0 Å². The molecule has 0 unspecified atom stereocenters. The summed E-state index contributed by atoms with van der Waals surface area (Å²) in [7, 11) is 0. The molecule has 4 aliphatic carbocycles. The van der Waals surface area contributed by atoms with Crippen LogP contribution in [0.1, 0.15) is 70.9 Å². The van der Waals surface area contributed by atoms with Crippen LogP contribution in [0.5, 0.6) is 0 Å². The van der Waals surface area contributed by atoms with Crippen molar-refractivity contribution in [2.75, 3.05) is 0 Å². The summed E-state index contributed by atoms with van der Waals surface area (Å²) in [5.41, 5.74) is 6.58. The van der Waals surface area contributed by atoms with Crippen LogP contribution in [0.25, 0.3) is 11.2 Å². The van der Waals surface area contributed by atoms with Gasteiger partial charge in [-0.1, -0.05) is 44.1 Å². The quantitative estimate of drug-likeness (QED) is 0.510. The second kappa shape index (κ2) is 5.84. The summed E-state index contributed by atoms with van der Waals surface area (Å²) in [5, 5.41) is 0. The number of nitrogens with zero attached hydrogens (tertiary/aromatic N) is 2. The Morgan fingerprint density at radius 1 is 1.00 bits per heavy atom. The van der Waals surface area contributed by atoms with Crippen molar-refractivity contribution < 1.29 is 0 Å². The van der Waals surface area contributed by atoms with E-state index in [0.717, 1.165) is 23.4 Å². The van der Waals surface area contributed by atoms with E-state index in [0.29, 0.717) is 10.8 Å². The summed E-state index contributed by atoms with van der Waals surface area (Å²) in [6.07, 6.45) is 20.5. The van der Waals surface area contributed by atoms with Crippen LogP contribution >= 0.6 is 0 Å². The number of hydrogen-bond acceptors (Lipinski definition) is 1. The minimum absolute atomic E-state index is 0.309. The van der Waals surface area contributed by atoms with Crippen molar-refractivity contribution in [2.24, 2.45) is 28.6 Å². The van der Waals surface area contributed by atoms with E-state index >= 15 is 0 Å². The predicted molar refractivity (Wildman–Crippen MR) is 115 cm³/mol. The molecule has 2 heteroatoms. The Balaban J connectivity index is 1.38. The molecule has 2 aromatic rings. The third-order valence-corrected chi connectivity index (χ3v) is 9.29. The lowest BCUT2D eigenvalue weighted by Crippen LogP contribution is -2.48. The van der Waals surface area contributed by atoms with Gasteiger partial charge in [0.1, 0.15) is 5.65 Å². The predicted octanol–water partition coefficient (Wildman–Crippen LogP) is 6.68. The van der Waals surface area contributed by atoms with E-state index in [1.807, 2.05) is 5.57 Å². The van der Waals surface area contributed by atoms with Crippen molar-refractivity contribution in [1.82, 2.24) is 9.38 Å². The lowest BCUT2D eigenvalue weighted by atomic mass is 9.47. The van der Waals surface area contributed by atoms with Crippen molar-refractivity contribution >= 4 is 11.2 Å². The molecule has 0 bridgehead atoms. The molecule has 0 radical (unpaired) electrons. The molecule has 2 nitrogen and oxygen atoms in total. The number of rotatable bonds is 1. The van der Waals surface area contributed by atoms with Gasteiger partial charge in [-0.15, -0.1) is 0 Å². The second-order valence-electron chi connectivity index (χ2n) is 10.3. The third kappa shape index (κ3) is 2.12. The van der Waals surface area contributed by atoms with Crippen LogP contribution in [-0.2, 0) is 0 Å². The van der Waals surface area contributed by atoms with E-state index in [9.17, 15) is 0 Å². The van der Waals surface area contributed by atoms with Crippen molar-refractivity contribution in [3.8, 4) is 0 Å². The molecular formula is C26H32N2. The van der Waals surface area contributed by atoms with Gasteiger partial charge in [-0.2, -0.15) is 0 Å². The lowest BCUT2D eigenvalue weighted by molar-refractivity contribution is -0.00989. The lowest BCUT2D eigenvalue weighted by Gasteiger charge is -2.57. The Kier molecular flexibility index (Phi) is 3.56. The smallest absolute Gasteiger partial charge is 0.137 e. The van der Waals surface area contributed by atoms with Crippen molar-refractivity contribution in [3.63, 3.8) is 0 Å². The summed E-state index contributed by atoms with van der Waals surface area (Å²) < 4.78 is 2.30. The van der Waals surface area contributed by atoms with Gasteiger partial charge in [0, 0.05) is 6.20 Å². The van der Waals surface area contributed by atoms with Crippen molar-refractivity contribution in [2.45, 2.75) is 65.2 Å². The number of fused-ring (bicyclic) bond motifs is 6. The fourth-order valence-electron chi connectivity index (χ4n) is 7.79. The first kappa shape index (κ1) is 17.1. The molecule has 0 aliphatic heterocycles. The molecule has 2 aromatic heterocycles. The molecule has 5 atom stereocenters. The molecule has 0 saturated heterocycles. The molecule has 2 saturated carbocycles. The van der Waals surface area contributed by atoms with Crippen LogP contribution in [0.2, 0.25) is 0 Å². The average molecular weight is 373 g/mol. The fraction of sp³-hybridized carbons (Fsp3) is 0.577. The molecule has 4 aliphatic rings. The van der Waals surface area contributed by atoms with E-state index in [1.165, 1.54) is 57.1 Å². The summed E-state index contributed by atoms with van der Waals surface area (Å²) in [4.78, 5) is 4.69. The van der Waals surface area contributed by atoms with Crippen LogP contribution in [0, 0.1) is 28.6 Å². The molecule has 146 valence electrons. The summed E-state index contributed by atoms with van der Waals surface area (Å²) in [6.45, 7) is 5.18. The highest BCUT2D eigenvalue weighted by atomic mass is 15.0. The molecule has 0 amide bonds. The summed E-state index contributed by atoms with van der Waals surface area (Å²) in [5.74, 6) is 2.56. The number of hydrogen-bond donors (Lipinski definition) is 0. The Hall–Kier alpha value is -1.83. The monoisotopic (exact) mass is 372 g/mol. The normalized spacial score (nSPS) is 39.7. The Morgan fingerprint density at radius 2 is 1.93 bits per heavy atom. The number of allylic oxidation sites excluding steroid dienone is 4. The van der Waals surface area contributed by atoms with Crippen LogP contribution in [-0.4, -0.2) is 9.38 Å². The highest BCUT2D eigenvalue weighted by Gasteiger charge is 2.56.